The zero-order valence-corrected chi connectivity index (χ0v) is 20.2. The number of methoxy groups -OCH3 is 1. The molecule has 0 aliphatic carbocycles. The lowest BCUT2D eigenvalue weighted by Gasteiger charge is -2.26. The van der Waals surface area contributed by atoms with E-state index < -0.39 is 0 Å². The minimum Gasteiger partial charge on any atom is -0.497 e. The summed E-state index contributed by atoms with van der Waals surface area (Å²) >= 11 is 2.70. The van der Waals surface area contributed by atoms with Crippen LogP contribution in [-0.4, -0.2) is 41.1 Å². The Morgan fingerprint density at radius 2 is 2.09 bits per heavy atom. The van der Waals surface area contributed by atoms with Gasteiger partial charge in [-0.3, -0.25) is 14.2 Å². The van der Waals surface area contributed by atoms with E-state index in [9.17, 15) is 9.59 Å². The highest BCUT2D eigenvalue weighted by Crippen LogP contribution is 2.36. The zero-order valence-electron chi connectivity index (χ0n) is 18.5. The molecule has 2 aromatic heterocycles. The van der Waals surface area contributed by atoms with Gasteiger partial charge in [-0.2, -0.15) is 0 Å². The average molecular weight is 475 g/mol. The third-order valence-electron chi connectivity index (χ3n) is 5.41. The number of nitrogens with zero attached hydrogens (tertiary/aromatic N) is 2. The van der Waals surface area contributed by atoms with Gasteiger partial charge in [0.15, 0.2) is 5.16 Å². The molecular formula is C23H26N2O5S2. The number of aromatic nitrogens is 2. The summed E-state index contributed by atoms with van der Waals surface area (Å²) in [5.74, 6) is 0.786. The van der Waals surface area contributed by atoms with Crippen LogP contribution in [0.15, 0.2) is 34.2 Å². The first kappa shape index (κ1) is 22.8. The second kappa shape index (κ2) is 9.64. The second-order valence-corrected chi connectivity index (χ2v) is 9.83. The Labute approximate surface area is 194 Å². The molecular weight excluding hydrogens is 448 g/mol. The highest BCUT2D eigenvalue weighted by Gasteiger charge is 2.29. The number of esters is 1. The van der Waals surface area contributed by atoms with Crippen LogP contribution in [-0.2, 0) is 27.3 Å². The molecule has 9 heteroatoms. The van der Waals surface area contributed by atoms with Crippen molar-refractivity contribution >= 4 is 39.3 Å². The summed E-state index contributed by atoms with van der Waals surface area (Å²) in [7, 11) is 1.60. The molecule has 0 saturated carbocycles. The molecule has 0 radical (unpaired) electrons. The maximum atomic E-state index is 13.8. The zero-order chi connectivity index (χ0) is 22.8. The lowest BCUT2D eigenvalue weighted by molar-refractivity contribution is -0.139. The van der Waals surface area contributed by atoms with Crippen molar-refractivity contribution in [3.63, 3.8) is 0 Å². The molecule has 0 saturated heterocycles. The van der Waals surface area contributed by atoms with Crippen molar-refractivity contribution in [2.24, 2.45) is 5.92 Å². The largest absolute Gasteiger partial charge is 0.497 e. The Morgan fingerprint density at radius 3 is 2.75 bits per heavy atom. The van der Waals surface area contributed by atoms with Gasteiger partial charge >= 0.3 is 5.97 Å². The highest BCUT2D eigenvalue weighted by molar-refractivity contribution is 7.99. The van der Waals surface area contributed by atoms with E-state index in [1.54, 1.807) is 30.7 Å². The van der Waals surface area contributed by atoms with Gasteiger partial charge in [0.2, 0.25) is 0 Å². The van der Waals surface area contributed by atoms with Crippen molar-refractivity contribution in [3.05, 3.63) is 45.1 Å². The summed E-state index contributed by atoms with van der Waals surface area (Å²) in [4.78, 5) is 32.3. The number of hydrogen-bond donors (Lipinski definition) is 0. The molecule has 1 aliphatic rings. The van der Waals surface area contributed by atoms with Gasteiger partial charge in [-0.25, -0.2) is 4.98 Å². The molecule has 170 valence electrons. The van der Waals surface area contributed by atoms with Crippen LogP contribution in [0.3, 0.4) is 0 Å². The van der Waals surface area contributed by atoms with Crippen LogP contribution in [0.1, 0.15) is 31.2 Å². The van der Waals surface area contributed by atoms with Gasteiger partial charge in [-0.15, -0.1) is 11.3 Å². The normalized spacial score (nSPS) is 15.7. The van der Waals surface area contributed by atoms with Crippen molar-refractivity contribution in [1.29, 1.82) is 0 Å². The molecule has 0 fully saturated rings. The molecule has 1 atom stereocenters. The molecule has 0 amide bonds. The van der Waals surface area contributed by atoms with Crippen LogP contribution in [0, 0.1) is 5.92 Å². The molecule has 1 unspecified atom stereocenters. The van der Waals surface area contributed by atoms with Gasteiger partial charge in [-0.1, -0.05) is 25.6 Å². The van der Waals surface area contributed by atoms with E-state index >= 15 is 0 Å². The minimum atomic E-state index is -0.341. The SMILES string of the molecule is CCOC(=O)CSc1nc2sc3c(c2c(=O)n1-c1ccc(OC)cc1)CC(C(C)C)OC3. The van der Waals surface area contributed by atoms with Gasteiger partial charge in [0.1, 0.15) is 10.6 Å². The smallest absolute Gasteiger partial charge is 0.316 e. The number of fused-ring (bicyclic) bond motifs is 3. The van der Waals surface area contributed by atoms with Crippen LogP contribution in [0.5, 0.6) is 5.75 Å². The Kier molecular flexibility index (Phi) is 6.88. The number of hydrogen-bond acceptors (Lipinski definition) is 8. The second-order valence-electron chi connectivity index (χ2n) is 7.81. The van der Waals surface area contributed by atoms with E-state index in [0.29, 0.717) is 52.4 Å². The lowest BCUT2D eigenvalue weighted by atomic mass is 9.96. The Balaban J connectivity index is 1.85. The van der Waals surface area contributed by atoms with E-state index in [0.717, 1.165) is 10.4 Å². The first-order valence-corrected chi connectivity index (χ1v) is 12.3. The number of ether oxygens (including phenoxy) is 3. The molecule has 1 aromatic carbocycles. The Morgan fingerprint density at radius 1 is 1.34 bits per heavy atom. The van der Waals surface area contributed by atoms with Gasteiger partial charge in [0.25, 0.3) is 5.56 Å². The predicted molar refractivity (Wildman–Crippen MR) is 126 cm³/mol. The molecule has 0 spiro atoms. The number of thiophene rings is 1. The monoisotopic (exact) mass is 474 g/mol. The average Bonchev–Trinajstić information content (AvgIpc) is 3.16. The molecule has 4 rings (SSSR count). The fraction of sp³-hybridized carbons (Fsp3) is 0.435. The van der Waals surface area contributed by atoms with Crippen molar-refractivity contribution in [2.45, 2.75) is 45.1 Å². The van der Waals surface area contributed by atoms with Crippen molar-refractivity contribution in [2.75, 3.05) is 19.5 Å². The first-order valence-electron chi connectivity index (χ1n) is 10.5. The highest BCUT2D eigenvalue weighted by atomic mass is 32.2. The van der Waals surface area contributed by atoms with Gasteiger partial charge in [-0.05, 0) is 42.7 Å². The van der Waals surface area contributed by atoms with Crippen molar-refractivity contribution in [3.8, 4) is 11.4 Å². The summed E-state index contributed by atoms with van der Waals surface area (Å²) in [5, 5.41) is 1.11. The minimum absolute atomic E-state index is 0.0750. The molecule has 7 nitrogen and oxygen atoms in total. The standard InChI is InChI=1S/C23H26N2O5S2/c1-5-29-19(26)12-31-23-24-21-20(16-10-17(13(2)3)30-11-18(16)32-21)22(27)25(23)14-6-8-15(28-4)9-7-14/h6-9,13,17H,5,10-12H2,1-4H3. The third kappa shape index (κ3) is 4.42. The van der Waals surface area contributed by atoms with Gasteiger partial charge < -0.3 is 14.2 Å². The molecule has 32 heavy (non-hydrogen) atoms. The molecule has 0 bridgehead atoms. The summed E-state index contributed by atoms with van der Waals surface area (Å²) in [6.45, 7) is 6.82. The lowest BCUT2D eigenvalue weighted by Crippen LogP contribution is -2.28. The van der Waals surface area contributed by atoms with E-state index in [2.05, 4.69) is 13.8 Å². The number of rotatable bonds is 7. The van der Waals surface area contributed by atoms with Gasteiger partial charge in [0, 0.05) is 11.3 Å². The van der Waals surface area contributed by atoms with Crippen LogP contribution in [0.4, 0.5) is 0 Å². The molecule has 3 heterocycles. The molecule has 1 aliphatic heterocycles. The maximum Gasteiger partial charge on any atom is 0.316 e. The van der Waals surface area contributed by atoms with Crippen LogP contribution >= 0.6 is 23.1 Å². The fourth-order valence-electron chi connectivity index (χ4n) is 3.72. The van der Waals surface area contributed by atoms with Crippen LogP contribution in [0.2, 0.25) is 0 Å². The fourth-order valence-corrected chi connectivity index (χ4v) is 5.69. The first-order chi connectivity index (χ1) is 15.4. The Bertz CT molecular complexity index is 1180. The van der Waals surface area contributed by atoms with E-state index in [4.69, 9.17) is 19.2 Å². The van der Waals surface area contributed by atoms with E-state index in [1.807, 2.05) is 12.1 Å². The van der Waals surface area contributed by atoms with Crippen molar-refractivity contribution < 1.29 is 19.0 Å². The van der Waals surface area contributed by atoms with E-state index in [-0.39, 0.29) is 23.4 Å². The number of benzene rings is 1. The summed E-state index contributed by atoms with van der Waals surface area (Å²) in [6.07, 6.45) is 0.772. The summed E-state index contributed by atoms with van der Waals surface area (Å²) in [5.41, 5.74) is 1.58. The Hall–Kier alpha value is -2.36. The quantitative estimate of drug-likeness (QED) is 0.288. The molecule has 0 N–H and O–H groups in total. The number of carbonyl (C=O) groups excluding carboxylic acids is 1. The topological polar surface area (TPSA) is 79.7 Å². The number of carbonyl (C=O) groups is 1. The third-order valence-corrected chi connectivity index (χ3v) is 7.42. The molecule has 3 aromatic rings. The van der Waals surface area contributed by atoms with Crippen LogP contribution < -0.4 is 10.3 Å². The van der Waals surface area contributed by atoms with Gasteiger partial charge in [0.05, 0.1) is 43.3 Å². The van der Waals surface area contributed by atoms with Crippen molar-refractivity contribution in [1.82, 2.24) is 9.55 Å². The number of thioether (sulfide) groups is 1. The summed E-state index contributed by atoms with van der Waals surface area (Å²) < 4.78 is 17.9. The summed E-state index contributed by atoms with van der Waals surface area (Å²) in [6, 6.07) is 7.25. The van der Waals surface area contributed by atoms with E-state index in [1.165, 1.54) is 23.1 Å². The predicted octanol–water partition coefficient (Wildman–Crippen LogP) is 4.21. The maximum absolute atomic E-state index is 13.8. The van der Waals surface area contributed by atoms with Crippen LogP contribution in [0.25, 0.3) is 15.9 Å².